The van der Waals surface area contributed by atoms with Crippen molar-refractivity contribution in [3.8, 4) is 0 Å². The van der Waals surface area contributed by atoms with Crippen molar-refractivity contribution in [2.75, 3.05) is 0 Å². The Hall–Kier alpha value is -2.57. The first kappa shape index (κ1) is 19.5. The molecular formula is C17H24N2O5. The van der Waals surface area contributed by atoms with Crippen LogP contribution in [0.4, 0.5) is 4.79 Å². The predicted molar refractivity (Wildman–Crippen MR) is 88.4 cm³/mol. The monoisotopic (exact) mass is 336 g/mol. The smallest absolute Gasteiger partial charge is 0.408 e. The van der Waals surface area contributed by atoms with Crippen LogP contribution >= 0.6 is 0 Å². The fourth-order valence-electron chi connectivity index (χ4n) is 1.86. The molecule has 1 aromatic carbocycles. The van der Waals surface area contributed by atoms with Crippen LogP contribution in [0.15, 0.2) is 30.3 Å². The fourth-order valence-corrected chi connectivity index (χ4v) is 1.86. The standard InChI is InChI=1S/C17H24N2O5/c1-16(2,3)24-15(23)19-17(4,5)14(22)18-12(13(20)21)11-9-7-6-8-10-11/h6-10,12H,1-5H3,(H,18,22)(H,19,23)(H,20,21)/t12-/m1/s1. The molecule has 0 aliphatic rings. The van der Waals surface area contributed by atoms with Gasteiger partial charge in [0.15, 0.2) is 6.04 Å². The number of carboxylic acid groups (broad SMARTS) is 1. The van der Waals surface area contributed by atoms with E-state index in [1.54, 1.807) is 51.1 Å². The minimum Gasteiger partial charge on any atom is -0.479 e. The van der Waals surface area contributed by atoms with Gasteiger partial charge in [0.05, 0.1) is 0 Å². The highest BCUT2D eigenvalue weighted by Gasteiger charge is 2.34. The van der Waals surface area contributed by atoms with Gasteiger partial charge in [-0.25, -0.2) is 9.59 Å². The Bertz CT molecular complexity index is 605. The van der Waals surface area contributed by atoms with Gasteiger partial charge in [0.1, 0.15) is 11.1 Å². The summed E-state index contributed by atoms with van der Waals surface area (Å²) < 4.78 is 5.11. The second-order valence-corrected chi connectivity index (χ2v) is 6.91. The number of carboxylic acids is 1. The highest BCUT2D eigenvalue weighted by Crippen LogP contribution is 2.15. The van der Waals surface area contributed by atoms with E-state index < -0.39 is 35.2 Å². The second kappa shape index (κ2) is 7.33. The van der Waals surface area contributed by atoms with Crippen molar-refractivity contribution in [1.82, 2.24) is 10.6 Å². The molecule has 0 bridgehead atoms. The lowest BCUT2D eigenvalue weighted by Crippen LogP contribution is -2.56. The average Bonchev–Trinajstić information content (AvgIpc) is 2.42. The van der Waals surface area contributed by atoms with Crippen molar-refractivity contribution in [3.05, 3.63) is 35.9 Å². The number of amides is 2. The molecule has 24 heavy (non-hydrogen) atoms. The molecule has 0 saturated heterocycles. The number of hydrogen-bond acceptors (Lipinski definition) is 4. The van der Waals surface area contributed by atoms with E-state index in [1.807, 2.05) is 0 Å². The molecule has 3 N–H and O–H groups in total. The van der Waals surface area contributed by atoms with Gasteiger partial charge in [0.2, 0.25) is 5.91 Å². The number of ether oxygens (including phenoxy) is 1. The lowest BCUT2D eigenvalue weighted by atomic mass is 10.0. The van der Waals surface area contributed by atoms with E-state index >= 15 is 0 Å². The minimum absolute atomic E-state index is 0.436. The summed E-state index contributed by atoms with van der Waals surface area (Å²) in [4.78, 5) is 35.7. The van der Waals surface area contributed by atoms with Crippen LogP contribution in [0.2, 0.25) is 0 Å². The Morgan fingerprint density at radius 3 is 2.04 bits per heavy atom. The molecule has 1 atom stereocenters. The van der Waals surface area contributed by atoms with Gasteiger partial charge < -0.3 is 20.5 Å². The number of rotatable bonds is 5. The van der Waals surface area contributed by atoms with Crippen LogP contribution in [0, 0.1) is 0 Å². The Kier molecular flexibility index (Phi) is 5.95. The normalized spacial score (nSPS) is 12.9. The van der Waals surface area contributed by atoms with Gasteiger partial charge in [-0.15, -0.1) is 0 Å². The lowest BCUT2D eigenvalue weighted by Gasteiger charge is -2.29. The Morgan fingerprint density at radius 2 is 1.58 bits per heavy atom. The molecule has 132 valence electrons. The Morgan fingerprint density at radius 1 is 1.04 bits per heavy atom. The van der Waals surface area contributed by atoms with E-state index in [2.05, 4.69) is 10.6 Å². The van der Waals surface area contributed by atoms with E-state index in [4.69, 9.17) is 4.74 Å². The highest BCUT2D eigenvalue weighted by atomic mass is 16.6. The number of nitrogens with one attached hydrogen (secondary N) is 2. The minimum atomic E-state index is -1.34. The van der Waals surface area contributed by atoms with Crippen molar-refractivity contribution in [3.63, 3.8) is 0 Å². The van der Waals surface area contributed by atoms with Crippen molar-refractivity contribution in [1.29, 1.82) is 0 Å². The van der Waals surface area contributed by atoms with Gasteiger partial charge in [-0.3, -0.25) is 4.79 Å². The summed E-state index contributed by atoms with van der Waals surface area (Å²) in [5.74, 6) is -1.83. The van der Waals surface area contributed by atoms with E-state index in [0.717, 1.165) is 0 Å². The lowest BCUT2D eigenvalue weighted by molar-refractivity contribution is -0.142. The van der Waals surface area contributed by atoms with Crippen LogP contribution in [-0.2, 0) is 14.3 Å². The van der Waals surface area contributed by atoms with Crippen LogP contribution < -0.4 is 10.6 Å². The van der Waals surface area contributed by atoms with E-state index in [0.29, 0.717) is 5.56 Å². The van der Waals surface area contributed by atoms with Crippen LogP contribution in [0.5, 0.6) is 0 Å². The molecule has 1 rings (SSSR count). The quantitative estimate of drug-likeness (QED) is 0.765. The average molecular weight is 336 g/mol. The first-order valence-corrected chi connectivity index (χ1v) is 7.52. The summed E-state index contributed by atoms with van der Waals surface area (Å²) in [5.41, 5.74) is -1.61. The van der Waals surface area contributed by atoms with Crippen LogP contribution in [0.3, 0.4) is 0 Å². The number of hydrogen-bond donors (Lipinski definition) is 3. The van der Waals surface area contributed by atoms with Crippen molar-refractivity contribution in [2.45, 2.75) is 51.8 Å². The second-order valence-electron chi connectivity index (χ2n) is 6.91. The van der Waals surface area contributed by atoms with Gasteiger partial charge in [0.25, 0.3) is 0 Å². The highest BCUT2D eigenvalue weighted by molar-refractivity contribution is 5.92. The van der Waals surface area contributed by atoms with Gasteiger partial charge in [-0.05, 0) is 40.2 Å². The zero-order valence-electron chi connectivity index (χ0n) is 14.5. The zero-order chi connectivity index (χ0) is 18.5. The molecule has 0 unspecified atom stereocenters. The summed E-state index contributed by atoms with van der Waals surface area (Å²) in [6.07, 6.45) is -0.755. The van der Waals surface area contributed by atoms with Gasteiger partial charge in [-0.2, -0.15) is 0 Å². The number of alkyl carbamates (subject to hydrolysis) is 1. The molecule has 0 fully saturated rings. The van der Waals surface area contributed by atoms with Crippen LogP contribution in [-0.4, -0.2) is 34.2 Å². The van der Waals surface area contributed by atoms with Gasteiger partial charge >= 0.3 is 12.1 Å². The van der Waals surface area contributed by atoms with E-state index in [1.165, 1.54) is 13.8 Å². The molecule has 0 heterocycles. The largest absolute Gasteiger partial charge is 0.479 e. The summed E-state index contributed by atoms with van der Waals surface area (Å²) >= 11 is 0. The predicted octanol–water partition coefficient (Wildman–Crippen LogP) is 2.23. The summed E-state index contributed by atoms with van der Waals surface area (Å²) in [7, 11) is 0. The van der Waals surface area contributed by atoms with Crippen molar-refractivity contribution in [2.24, 2.45) is 0 Å². The number of carbonyl (C=O) groups is 3. The molecule has 1 aromatic rings. The molecular weight excluding hydrogens is 312 g/mol. The third-order valence-corrected chi connectivity index (χ3v) is 3.04. The molecule has 0 saturated carbocycles. The van der Waals surface area contributed by atoms with Crippen molar-refractivity contribution < 1.29 is 24.2 Å². The molecule has 0 aliphatic heterocycles. The Balaban J connectivity index is 2.83. The van der Waals surface area contributed by atoms with Gasteiger partial charge in [0, 0.05) is 0 Å². The molecule has 0 spiro atoms. The first-order valence-electron chi connectivity index (χ1n) is 7.52. The molecule has 2 amide bonds. The van der Waals surface area contributed by atoms with E-state index in [-0.39, 0.29) is 0 Å². The Labute approximate surface area is 141 Å². The van der Waals surface area contributed by atoms with E-state index in [9.17, 15) is 19.5 Å². The van der Waals surface area contributed by atoms with Crippen LogP contribution in [0.25, 0.3) is 0 Å². The van der Waals surface area contributed by atoms with Crippen molar-refractivity contribution >= 4 is 18.0 Å². The topological polar surface area (TPSA) is 105 Å². The fraction of sp³-hybridized carbons (Fsp3) is 0.471. The molecule has 7 nitrogen and oxygen atoms in total. The first-order chi connectivity index (χ1) is 10.9. The summed E-state index contributed by atoms with van der Waals surface area (Å²) in [5, 5.41) is 14.2. The number of aliphatic carboxylic acids is 1. The SMILES string of the molecule is CC(C)(C)OC(=O)NC(C)(C)C(=O)N[C@@H](C(=O)O)c1ccccc1. The third-order valence-electron chi connectivity index (χ3n) is 3.04. The maximum Gasteiger partial charge on any atom is 0.408 e. The maximum absolute atomic E-state index is 12.4. The molecule has 0 aromatic heterocycles. The summed E-state index contributed by atoms with van der Waals surface area (Å²) in [6, 6.07) is 7.11. The molecule has 0 aliphatic carbocycles. The van der Waals surface area contributed by atoms with Crippen LogP contribution in [0.1, 0.15) is 46.2 Å². The zero-order valence-corrected chi connectivity index (χ0v) is 14.5. The third kappa shape index (κ3) is 5.91. The molecule has 7 heteroatoms. The summed E-state index contributed by atoms with van der Waals surface area (Å²) in [6.45, 7) is 8.05. The van der Waals surface area contributed by atoms with Gasteiger partial charge in [-0.1, -0.05) is 30.3 Å². The number of carbonyl (C=O) groups excluding carboxylic acids is 2. The number of benzene rings is 1. The molecule has 0 radical (unpaired) electrons. The maximum atomic E-state index is 12.4.